The van der Waals surface area contributed by atoms with Crippen molar-refractivity contribution in [2.45, 2.75) is 31.7 Å². The van der Waals surface area contributed by atoms with Crippen LogP contribution in [0.25, 0.3) is 0 Å². The van der Waals surface area contributed by atoms with Crippen LogP contribution in [0.5, 0.6) is 0 Å². The Labute approximate surface area is 147 Å². The summed E-state index contributed by atoms with van der Waals surface area (Å²) in [5.74, 6) is 0.0224. The molecule has 0 saturated carbocycles. The van der Waals surface area contributed by atoms with Crippen LogP contribution in [0.1, 0.15) is 36.0 Å². The van der Waals surface area contributed by atoms with E-state index in [2.05, 4.69) is 10.4 Å². The highest BCUT2D eigenvalue weighted by Gasteiger charge is 2.24. The second-order valence-corrected chi connectivity index (χ2v) is 6.52. The van der Waals surface area contributed by atoms with E-state index in [-0.39, 0.29) is 30.6 Å². The van der Waals surface area contributed by atoms with Crippen LogP contribution < -0.4 is 5.32 Å². The van der Waals surface area contributed by atoms with Gasteiger partial charge in [0.1, 0.15) is 0 Å². The summed E-state index contributed by atoms with van der Waals surface area (Å²) < 4.78 is 1.60. The van der Waals surface area contributed by atoms with E-state index in [1.54, 1.807) is 24.1 Å². The Morgan fingerprint density at radius 3 is 2.76 bits per heavy atom. The fourth-order valence-corrected chi connectivity index (χ4v) is 3.18. The van der Waals surface area contributed by atoms with Gasteiger partial charge in [0, 0.05) is 50.9 Å². The van der Waals surface area contributed by atoms with Crippen LogP contribution in [-0.2, 0) is 11.8 Å². The number of ketones is 1. The molecule has 1 aromatic heterocycles. The molecule has 2 aromatic rings. The average molecular weight is 340 g/mol. The van der Waals surface area contributed by atoms with Gasteiger partial charge in [-0.2, -0.15) is 5.10 Å². The molecule has 0 radical (unpaired) electrons. The molecule has 1 aliphatic heterocycles. The maximum Gasteiger partial charge on any atom is 0.223 e. The Kier molecular flexibility index (Phi) is 5.48. The molecule has 3 rings (SSSR count). The van der Waals surface area contributed by atoms with Gasteiger partial charge in [0.2, 0.25) is 5.91 Å². The van der Waals surface area contributed by atoms with Gasteiger partial charge in [-0.3, -0.25) is 14.3 Å². The van der Waals surface area contributed by atoms with E-state index in [0.29, 0.717) is 12.1 Å². The number of hydrogen-bond acceptors (Lipinski definition) is 4. The summed E-state index contributed by atoms with van der Waals surface area (Å²) in [5.41, 5.74) is 1.64. The van der Waals surface area contributed by atoms with Crippen LogP contribution in [0.2, 0.25) is 0 Å². The smallest absolute Gasteiger partial charge is 0.223 e. The Morgan fingerprint density at radius 1 is 1.24 bits per heavy atom. The van der Waals surface area contributed by atoms with Gasteiger partial charge >= 0.3 is 0 Å². The van der Waals surface area contributed by atoms with Crippen LogP contribution in [0.15, 0.2) is 42.7 Å². The first-order valence-electron chi connectivity index (χ1n) is 8.73. The van der Waals surface area contributed by atoms with Crippen LogP contribution in [0.3, 0.4) is 0 Å². The molecule has 6 nitrogen and oxygen atoms in total. The Morgan fingerprint density at radius 2 is 2.04 bits per heavy atom. The molecule has 25 heavy (non-hydrogen) atoms. The summed E-state index contributed by atoms with van der Waals surface area (Å²) in [5, 5.41) is 7.48. The number of nitrogens with one attached hydrogen (secondary N) is 1. The number of hydrogen-bond donors (Lipinski definition) is 1. The maximum absolute atomic E-state index is 12.5. The van der Waals surface area contributed by atoms with E-state index >= 15 is 0 Å². The second-order valence-electron chi connectivity index (χ2n) is 6.52. The molecule has 1 aliphatic rings. The normalized spacial score (nSPS) is 17.3. The summed E-state index contributed by atoms with van der Waals surface area (Å²) in [7, 11) is 1.77. The highest BCUT2D eigenvalue weighted by Crippen LogP contribution is 2.17. The number of likely N-dealkylation sites (tertiary alicyclic amines) is 1. The van der Waals surface area contributed by atoms with E-state index in [0.717, 1.165) is 25.1 Å². The number of nitrogens with zero attached hydrogens (tertiary/aromatic N) is 3. The van der Waals surface area contributed by atoms with E-state index in [1.165, 1.54) is 0 Å². The molecule has 1 N–H and O–H groups in total. The number of carbonyl (C=O) groups excluding carboxylic acids is 2. The number of piperidine rings is 1. The standard InChI is InChI=1S/C19H24N4O2/c1-22-13-15(12-20-22)18(24)9-10-19(25)23-11-5-8-17(14-23)21-16-6-3-2-4-7-16/h2-4,6-7,12-13,17,21H,5,8-11,14H2,1H3/t17-/m0/s1. The lowest BCUT2D eigenvalue weighted by atomic mass is 10.0. The van der Waals surface area contributed by atoms with Crippen molar-refractivity contribution < 1.29 is 9.59 Å². The number of para-hydroxylation sites is 1. The Balaban J connectivity index is 1.49. The highest BCUT2D eigenvalue weighted by atomic mass is 16.2. The number of anilines is 1. The van der Waals surface area contributed by atoms with Crippen LogP contribution in [0, 0.1) is 0 Å². The van der Waals surface area contributed by atoms with Crippen LogP contribution in [0.4, 0.5) is 5.69 Å². The number of benzene rings is 1. The maximum atomic E-state index is 12.5. The zero-order valence-corrected chi connectivity index (χ0v) is 14.5. The average Bonchev–Trinajstić information content (AvgIpc) is 3.07. The van der Waals surface area contributed by atoms with Crippen molar-refractivity contribution in [3.8, 4) is 0 Å². The van der Waals surface area contributed by atoms with E-state index in [4.69, 9.17) is 0 Å². The number of amides is 1. The minimum Gasteiger partial charge on any atom is -0.381 e. The quantitative estimate of drug-likeness (QED) is 0.821. The van der Waals surface area contributed by atoms with Crippen molar-refractivity contribution in [1.82, 2.24) is 14.7 Å². The van der Waals surface area contributed by atoms with Crippen molar-refractivity contribution in [2.75, 3.05) is 18.4 Å². The third-order valence-corrected chi connectivity index (χ3v) is 4.51. The van der Waals surface area contributed by atoms with Gasteiger partial charge in [-0.15, -0.1) is 0 Å². The molecular formula is C19H24N4O2. The lowest BCUT2D eigenvalue weighted by molar-refractivity contribution is -0.132. The van der Waals surface area contributed by atoms with Crippen LogP contribution >= 0.6 is 0 Å². The third-order valence-electron chi connectivity index (χ3n) is 4.51. The van der Waals surface area contributed by atoms with E-state index in [1.807, 2.05) is 35.2 Å². The predicted octanol–water partition coefficient (Wildman–Crippen LogP) is 2.49. The SMILES string of the molecule is Cn1cc(C(=O)CCC(=O)N2CCC[C@H](Nc3ccccc3)C2)cn1. The number of rotatable bonds is 6. The van der Waals surface area contributed by atoms with Crippen LogP contribution in [-0.4, -0.2) is 45.5 Å². The zero-order valence-electron chi connectivity index (χ0n) is 14.5. The topological polar surface area (TPSA) is 67.2 Å². The summed E-state index contributed by atoms with van der Waals surface area (Å²) in [4.78, 5) is 26.5. The van der Waals surface area contributed by atoms with E-state index < -0.39 is 0 Å². The minimum absolute atomic E-state index is 0.0302. The Bertz CT molecular complexity index is 726. The molecule has 0 spiro atoms. The summed E-state index contributed by atoms with van der Waals surface area (Å²) >= 11 is 0. The molecule has 1 atom stereocenters. The molecule has 0 aliphatic carbocycles. The van der Waals surface area contributed by atoms with Crippen molar-refractivity contribution >= 4 is 17.4 Å². The molecule has 1 fully saturated rings. The fraction of sp³-hybridized carbons (Fsp3) is 0.421. The van der Waals surface area contributed by atoms with Crippen molar-refractivity contribution in [3.05, 3.63) is 48.3 Å². The van der Waals surface area contributed by atoms with E-state index in [9.17, 15) is 9.59 Å². The molecule has 0 bridgehead atoms. The molecule has 6 heteroatoms. The number of aryl methyl sites for hydroxylation is 1. The van der Waals surface area contributed by atoms with Crippen molar-refractivity contribution in [1.29, 1.82) is 0 Å². The number of carbonyl (C=O) groups is 2. The molecule has 0 unspecified atom stereocenters. The zero-order chi connectivity index (χ0) is 17.6. The molecule has 1 saturated heterocycles. The third kappa shape index (κ3) is 4.68. The molecule has 1 amide bonds. The van der Waals surface area contributed by atoms with Gasteiger partial charge in [0.25, 0.3) is 0 Å². The summed E-state index contributed by atoms with van der Waals surface area (Å²) in [6.45, 7) is 1.46. The lowest BCUT2D eigenvalue weighted by Gasteiger charge is -2.33. The van der Waals surface area contributed by atoms with Crippen molar-refractivity contribution in [2.24, 2.45) is 7.05 Å². The van der Waals surface area contributed by atoms with Gasteiger partial charge in [-0.25, -0.2) is 0 Å². The number of aromatic nitrogens is 2. The summed E-state index contributed by atoms with van der Waals surface area (Å²) in [6, 6.07) is 10.3. The first-order chi connectivity index (χ1) is 12.1. The monoisotopic (exact) mass is 340 g/mol. The van der Waals surface area contributed by atoms with Gasteiger partial charge in [-0.1, -0.05) is 18.2 Å². The molecule has 2 heterocycles. The minimum atomic E-state index is -0.0302. The fourth-order valence-electron chi connectivity index (χ4n) is 3.18. The van der Waals surface area contributed by atoms with Crippen molar-refractivity contribution in [3.63, 3.8) is 0 Å². The molecule has 132 valence electrons. The second kappa shape index (κ2) is 7.96. The molecular weight excluding hydrogens is 316 g/mol. The first kappa shape index (κ1) is 17.2. The van der Waals surface area contributed by atoms with Gasteiger partial charge in [0.15, 0.2) is 5.78 Å². The first-order valence-corrected chi connectivity index (χ1v) is 8.73. The largest absolute Gasteiger partial charge is 0.381 e. The number of Topliss-reactive ketones (excluding diaryl/α,β-unsaturated/α-hetero) is 1. The highest BCUT2D eigenvalue weighted by molar-refractivity contribution is 5.97. The van der Waals surface area contributed by atoms with Gasteiger partial charge in [0.05, 0.1) is 11.8 Å². The molecule has 1 aromatic carbocycles. The summed E-state index contributed by atoms with van der Waals surface area (Å²) in [6.07, 6.45) is 5.75. The Hall–Kier alpha value is -2.63. The van der Waals surface area contributed by atoms with Gasteiger partial charge in [-0.05, 0) is 25.0 Å². The lowest BCUT2D eigenvalue weighted by Crippen LogP contribution is -2.45. The van der Waals surface area contributed by atoms with Gasteiger partial charge < -0.3 is 10.2 Å². The predicted molar refractivity (Wildman–Crippen MR) is 96.4 cm³/mol.